The number of nitrogens with zero attached hydrogens (tertiary/aromatic N) is 1. The fourth-order valence-electron chi connectivity index (χ4n) is 2.29. The summed E-state index contributed by atoms with van der Waals surface area (Å²) in [6.45, 7) is 1.02. The first-order chi connectivity index (χ1) is 8.61. The van der Waals surface area contributed by atoms with Gasteiger partial charge in [-0.15, -0.1) is 0 Å². The molecule has 0 aliphatic carbocycles. The molecule has 1 aromatic carbocycles. The third-order valence-electron chi connectivity index (χ3n) is 3.23. The first-order valence-corrected chi connectivity index (χ1v) is 5.87. The second-order valence-corrected chi connectivity index (χ2v) is 4.39. The molecule has 0 N–H and O–H groups in total. The first kappa shape index (κ1) is 13.0. The Balaban J connectivity index is 2.10. The molecule has 1 heterocycles. The van der Waals surface area contributed by atoms with Gasteiger partial charge in [0.25, 0.3) is 0 Å². The topological polar surface area (TPSA) is 29.5 Å². The molecule has 1 fully saturated rings. The van der Waals surface area contributed by atoms with Crippen molar-refractivity contribution < 1.29 is 18.3 Å². The van der Waals surface area contributed by atoms with E-state index < -0.39 is 11.6 Å². The summed E-state index contributed by atoms with van der Waals surface area (Å²) >= 11 is 0. The largest absolute Gasteiger partial charge is 0.468 e. The minimum Gasteiger partial charge on any atom is -0.468 e. The summed E-state index contributed by atoms with van der Waals surface area (Å²) in [6, 6.07) is 3.18. The summed E-state index contributed by atoms with van der Waals surface area (Å²) in [5.74, 6) is -1.47. The number of rotatable bonds is 3. The molecule has 0 saturated carbocycles. The first-order valence-electron chi connectivity index (χ1n) is 5.87. The summed E-state index contributed by atoms with van der Waals surface area (Å²) in [7, 11) is 1.34. The van der Waals surface area contributed by atoms with Gasteiger partial charge in [0.2, 0.25) is 0 Å². The van der Waals surface area contributed by atoms with Crippen molar-refractivity contribution in [3.8, 4) is 0 Å². The van der Waals surface area contributed by atoms with Crippen LogP contribution in [0.2, 0.25) is 0 Å². The third kappa shape index (κ3) is 2.67. The Hall–Kier alpha value is -1.49. The SMILES string of the molecule is COC(=O)C1CCCN1Cc1ccc(F)cc1F. The minimum absolute atomic E-state index is 0.296. The third-order valence-corrected chi connectivity index (χ3v) is 3.23. The second kappa shape index (κ2) is 5.44. The van der Waals surface area contributed by atoms with E-state index in [1.54, 1.807) is 0 Å². The van der Waals surface area contributed by atoms with Gasteiger partial charge in [0, 0.05) is 18.2 Å². The molecule has 0 spiro atoms. The summed E-state index contributed by atoms with van der Waals surface area (Å²) in [5.41, 5.74) is 0.396. The van der Waals surface area contributed by atoms with Crippen LogP contribution in [0, 0.1) is 11.6 Å². The number of esters is 1. The van der Waals surface area contributed by atoms with Crippen LogP contribution in [-0.2, 0) is 16.1 Å². The molecule has 98 valence electrons. The van der Waals surface area contributed by atoms with Crippen molar-refractivity contribution in [3.63, 3.8) is 0 Å². The lowest BCUT2D eigenvalue weighted by atomic mass is 10.1. The number of hydrogen-bond donors (Lipinski definition) is 0. The lowest BCUT2D eigenvalue weighted by molar-refractivity contribution is -0.146. The van der Waals surface area contributed by atoms with Crippen LogP contribution in [0.5, 0.6) is 0 Å². The average Bonchev–Trinajstić information content (AvgIpc) is 2.80. The van der Waals surface area contributed by atoms with E-state index in [1.165, 1.54) is 19.2 Å². The Morgan fingerprint density at radius 3 is 2.94 bits per heavy atom. The Morgan fingerprint density at radius 1 is 1.50 bits per heavy atom. The molecule has 1 unspecified atom stereocenters. The molecule has 0 aromatic heterocycles. The van der Waals surface area contributed by atoms with E-state index in [9.17, 15) is 13.6 Å². The molecule has 5 heteroatoms. The highest BCUT2D eigenvalue weighted by atomic mass is 19.1. The zero-order chi connectivity index (χ0) is 13.1. The molecule has 1 aliphatic heterocycles. The van der Waals surface area contributed by atoms with Gasteiger partial charge in [-0.1, -0.05) is 6.07 Å². The van der Waals surface area contributed by atoms with E-state index >= 15 is 0 Å². The van der Waals surface area contributed by atoms with Crippen molar-refractivity contribution in [1.82, 2.24) is 4.90 Å². The predicted octanol–water partition coefficient (Wildman–Crippen LogP) is 2.10. The van der Waals surface area contributed by atoms with Gasteiger partial charge < -0.3 is 4.74 Å². The zero-order valence-corrected chi connectivity index (χ0v) is 10.2. The maximum atomic E-state index is 13.5. The monoisotopic (exact) mass is 255 g/mol. The lowest BCUT2D eigenvalue weighted by Gasteiger charge is -2.22. The zero-order valence-electron chi connectivity index (χ0n) is 10.2. The summed E-state index contributed by atoms with van der Waals surface area (Å²) in [6.07, 6.45) is 1.60. The molecular formula is C13H15F2NO2. The Morgan fingerprint density at radius 2 is 2.28 bits per heavy atom. The maximum absolute atomic E-state index is 13.5. The van der Waals surface area contributed by atoms with Crippen LogP contribution in [0.1, 0.15) is 18.4 Å². The number of carbonyl (C=O) groups is 1. The summed E-state index contributed by atoms with van der Waals surface area (Å²) in [5, 5.41) is 0. The van der Waals surface area contributed by atoms with Crippen molar-refractivity contribution in [3.05, 3.63) is 35.4 Å². The fraction of sp³-hybridized carbons (Fsp3) is 0.462. The Bertz CT molecular complexity index is 451. The van der Waals surface area contributed by atoms with Crippen LogP contribution >= 0.6 is 0 Å². The highest BCUT2D eigenvalue weighted by Crippen LogP contribution is 2.22. The minimum atomic E-state index is -0.595. The number of methoxy groups -OCH3 is 1. The molecule has 18 heavy (non-hydrogen) atoms. The van der Waals surface area contributed by atoms with Gasteiger partial charge in [-0.2, -0.15) is 0 Å². The fourth-order valence-corrected chi connectivity index (χ4v) is 2.29. The van der Waals surface area contributed by atoms with E-state index in [0.717, 1.165) is 25.5 Å². The van der Waals surface area contributed by atoms with Crippen molar-refractivity contribution in [2.45, 2.75) is 25.4 Å². The predicted molar refractivity (Wildman–Crippen MR) is 61.8 cm³/mol. The van der Waals surface area contributed by atoms with Crippen molar-refractivity contribution >= 4 is 5.97 Å². The molecule has 3 nitrogen and oxygen atoms in total. The van der Waals surface area contributed by atoms with Crippen LogP contribution in [0.4, 0.5) is 8.78 Å². The quantitative estimate of drug-likeness (QED) is 0.775. The Kier molecular flexibility index (Phi) is 3.91. The maximum Gasteiger partial charge on any atom is 0.323 e. The van der Waals surface area contributed by atoms with Crippen LogP contribution in [-0.4, -0.2) is 30.6 Å². The van der Waals surface area contributed by atoms with Gasteiger partial charge in [-0.3, -0.25) is 9.69 Å². The van der Waals surface area contributed by atoms with Crippen molar-refractivity contribution in [1.29, 1.82) is 0 Å². The van der Waals surface area contributed by atoms with Gasteiger partial charge in [-0.05, 0) is 25.5 Å². The van der Waals surface area contributed by atoms with Crippen molar-refractivity contribution in [2.75, 3.05) is 13.7 Å². The van der Waals surface area contributed by atoms with E-state index in [1.807, 2.05) is 4.90 Å². The molecule has 1 aliphatic rings. The normalized spacial score (nSPS) is 20.1. The van der Waals surface area contributed by atoms with E-state index in [2.05, 4.69) is 0 Å². The molecule has 2 rings (SSSR count). The Labute approximate surface area is 104 Å². The van der Waals surface area contributed by atoms with Gasteiger partial charge in [0.05, 0.1) is 7.11 Å². The smallest absolute Gasteiger partial charge is 0.323 e. The van der Waals surface area contributed by atoms with Crippen LogP contribution in [0.25, 0.3) is 0 Å². The molecule has 1 atom stereocenters. The van der Waals surface area contributed by atoms with Gasteiger partial charge in [-0.25, -0.2) is 8.78 Å². The summed E-state index contributed by atoms with van der Waals surface area (Å²) < 4.78 is 31.0. The standard InChI is InChI=1S/C13H15F2NO2/c1-18-13(17)12-3-2-6-16(12)8-9-4-5-10(14)7-11(9)15/h4-5,7,12H,2-3,6,8H2,1H3. The molecule has 1 aromatic rings. The van der Waals surface area contributed by atoms with Crippen LogP contribution in [0.3, 0.4) is 0 Å². The van der Waals surface area contributed by atoms with Crippen LogP contribution in [0.15, 0.2) is 18.2 Å². The highest BCUT2D eigenvalue weighted by molar-refractivity contribution is 5.75. The number of benzene rings is 1. The number of ether oxygens (including phenoxy) is 1. The second-order valence-electron chi connectivity index (χ2n) is 4.39. The molecule has 0 amide bonds. The van der Waals surface area contributed by atoms with Crippen molar-refractivity contribution in [2.24, 2.45) is 0 Å². The molecule has 1 saturated heterocycles. The van der Waals surface area contributed by atoms with Gasteiger partial charge in [0.15, 0.2) is 0 Å². The molecule has 0 radical (unpaired) electrons. The lowest BCUT2D eigenvalue weighted by Crippen LogP contribution is -2.36. The number of hydrogen-bond acceptors (Lipinski definition) is 3. The number of likely N-dealkylation sites (tertiary alicyclic amines) is 1. The average molecular weight is 255 g/mol. The molecular weight excluding hydrogens is 240 g/mol. The van der Waals surface area contributed by atoms with Gasteiger partial charge in [0.1, 0.15) is 17.7 Å². The number of halogens is 2. The van der Waals surface area contributed by atoms with E-state index in [4.69, 9.17) is 4.74 Å². The molecule has 0 bridgehead atoms. The summed E-state index contributed by atoms with van der Waals surface area (Å²) in [4.78, 5) is 13.4. The van der Waals surface area contributed by atoms with E-state index in [-0.39, 0.29) is 12.0 Å². The van der Waals surface area contributed by atoms with E-state index in [0.29, 0.717) is 12.1 Å². The van der Waals surface area contributed by atoms with Crippen LogP contribution < -0.4 is 0 Å². The highest BCUT2D eigenvalue weighted by Gasteiger charge is 2.31. The van der Waals surface area contributed by atoms with Gasteiger partial charge >= 0.3 is 5.97 Å². The number of carbonyl (C=O) groups excluding carboxylic acids is 1.